The number of hydrogen-bond acceptors (Lipinski definition) is 0. The van der Waals surface area contributed by atoms with Gasteiger partial charge in [0.05, 0.1) is 0 Å². The van der Waals surface area contributed by atoms with E-state index in [1.165, 1.54) is 19.3 Å². The smallest absolute Gasteiger partial charge is 0.0320 e. The Morgan fingerprint density at radius 3 is 2.43 bits per heavy atom. The van der Waals surface area contributed by atoms with Crippen molar-refractivity contribution < 1.29 is 0 Å². The molecule has 0 saturated heterocycles. The number of hydrogen-bond donors (Lipinski definition) is 0. The van der Waals surface area contributed by atoms with Crippen LogP contribution in [-0.2, 0) is 0 Å². The highest BCUT2D eigenvalue weighted by atomic mass is 32.1. The molecule has 0 aromatic heterocycles. The quantitative estimate of drug-likeness (QED) is 0.426. The lowest BCUT2D eigenvalue weighted by molar-refractivity contribution is 0.907. The van der Waals surface area contributed by atoms with Crippen molar-refractivity contribution >= 4 is 13.5 Å². The van der Waals surface area contributed by atoms with Crippen LogP contribution in [0.1, 0.15) is 26.2 Å². The SMILES string of the molecule is CC1=CCCC1.S. The van der Waals surface area contributed by atoms with Crippen molar-refractivity contribution in [2.24, 2.45) is 0 Å². The molecule has 0 heterocycles. The van der Waals surface area contributed by atoms with Gasteiger partial charge in [-0.1, -0.05) is 11.6 Å². The van der Waals surface area contributed by atoms with E-state index in [0.29, 0.717) is 0 Å². The third kappa shape index (κ3) is 2.03. The summed E-state index contributed by atoms with van der Waals surface area (Å²) in [6.45, 7) is 2.20. The molecule has 0 amide bonds. The van der Waals surface area contributed by atoms with Gasteiger partial charge in [0.1, 0.15) is 0 Å². The standard InChI is InChI=1S/C6H10.H2S/c1-6-4-2-3-5-6;/h4H,2-3,5H2,1H3;1H2. The van der Waals surface area contributed by atoms with E-state index in [2.05, 4.69) is 13.0 Å². The topological polar surface area (TPSA) is 0 Å². The van der Waals surface area contributed by atoms with Crippen LogP contribution in [0.4, 0.5) is 0 Å². The molecule has 0 N–H and O–H groups in total. The lowest BCUT2D eigenvalue weighted by atomic mass is 10.3. The summed E-state index contributed by atoms with van der Waals surface area (Å²) in [5.41, 5.74) is 1.58. The monoisotopic (exact) mass is 116 g/mol. The molecular formula is C6H12S. The Hall–Kier alpha value is 0.0900. The van der Waals surface area contributed by atoms with Gasteiger partial charge in [-0.3, -0.25) is 0 Å². The van der Waals surface area contributed by atoms with E-state index >= 15 is 0 Å². The highest BCUT2D eigenvalue weighted by Gasteiger charge is 1.94. The normalized spacial score (nSPS) is 18.1. The Bertz CT molecular complexity index is 74.2. The summed E-state index contributed by atoms with van der Waals surface area (Å²) in [6, 6.07) is 0. The Morgan fingerprint density at radius 1 is 1.57 bits per heavy atom. The summed E-state index contributed by atoms with van der Waals surface area (Å²) >= 11 is 0. The first-order valence-corrected chi connectivity index (χ1v) is 2.55. The second-order valence-electron chi connectivity index (χ2n) is 1.94. The average molecular weight is 116 g/mol. The molecule has 0 bridgehead atoms. The minimum Gasteiger partial charge on any atom is -0.197 e. The fraction of sp³-hybridized carbons (Fsp3) is 0.667. The van der Waals surface area contributed by atoms with Gasteiger partial charge >= 0.3 is 0 Å². The molecule has 1 rings (SSSR count). The van der Waals surface area contributed by atoms with Gasteiger partial charge in [0, 0.05) is 0 Å². The van der Waals surface area contributed by atoms with Crippen molar-refractivity contribution in [3.8, 4) is 0 Å². The Labute approximate surface area is 52.1 Å². The molecule has 1 aliphatic carbocycles. The summed E-state index contributed by atoms with van der Waals surface area (Å²) < 4.78 is 0. The molecule has 1 heteroatoms. The van der Waals surface area contributed by atoms with Crippen LogP contribution in [0, 0.1) is 0 Å². The molecule has 0 saturated carbocycles. The van der Waals surface area contributed by atoms with Gasteiger partial charge in [-0.15, -0.1) is 0 Å². The summed E-state index contributed by atoms with van der Waals surface area (Å²) in [7, 11) is 0. The van der Waals surface area contributed by atoms with E-state index in [0.717, 1.165) is 0 Å². The zero-order valence-electron chi connectivity index (χ0n) is 4.70. The van der Waals surface area contributed by atoms with E-state index < -0.39 is 0 Å². The van der Waals surface area contributed by atoms with Crippen LogP contribution < -0.4 is 0 Å². The van der Waals surface area contributed by atoms with Crippen LogP contribution in [-0.4, -0.2) is 0 Å². The zero-order valence-corrected chi connectivity index (χ0v) is 5.70. The molecule has 0 aromatic carbocycles. The van der Waals surface area contributed by atoms with Gasteiger partial charge < -0.3 is 0 Å². The summed E-state index contributed by atoms with van der Waals surface area (Å²) in [5, 5.41) is 0. The lowest BCUT2D eigenvalue weighted by Gasteiger charge is -1.79. The first-order chi connectivity index (χ1) is 2.89. The first kappa shape index (κ1) is 7.09. The second kappa shape index (κ2) is 3.14. The van der Waals surface area contributed by atoms with E-state index in [-0.39, 0.29) is 13.5 Å². The largest absolute Gasteiger partial charge is 0.197 e. The maximum absolute atomic E-state index is 2.32. The number of allylic oxidation sites excluding steroid dienone is 2. The fourth-order valence-corrected chi connectivity index (χ4v) is 0.831. The Balaban J connectivity index is 0.000000360. The van der Waals surface area contributed by atoms with Crippen LogP contribution in [0.5, 0.6) is 0 Å². The Morgan fingerprint density at radius 2 is 2.29 bits per heavy atom. The molecule has 0 fully saturated rings. The van der Waals surface area contributed by atoms with E-state index in [9.17, 15) is 0 Å². The molecule has 0 aliphatic heterocycles. The van der Waals surface area contributed by atoms with Crippen molar-refractivity contribution in [3.05, 3.63) is 11.6 Å². The molecule has 0 nitrogen and oxygen atoms in total. The van der Waals surface area contributed by atoms with Crippen LogP contribution in [0.15, 0.2) is 11.6 Å². The summed E-state index contributed by atoms with van der Waals surface area (Å²) in [5.74, 6) is 0. The third-order valence-corrected chi connectivity index (χ3v) is 1.27. The minimum absolute atomic E-state index is 0. The maximum atomic E-state index is 2.32. The van der Waals surface area contributed by atoms with E-state index in [1.54, 1.807) is 5.57 Å². The maximum Gasteiger partial charge on any atom is -0.0320 e. The van der Waals surface area contributed by atoms with Gasteiger partial charge in [0.25, 0.3) is 0 Å². The molecule has 0 aromatic rings. The van der Waals surface area contributed by atoms with Crippen LogP contribution in [0.3, 0.4) is 0 Å². The third-order valence-electron chi connectivity index (χ3n) is 1.27. The molecule has 0 atom stereocenters. The highest BCUT2D eigenvalue weighted by molar-refractivity contribution is 7.59. The average Bonchev–Trinajstić information content (AvgIpc) is 1.86. The zero-order chi connectivity index (χ0) is 4.41. The van der Waals surface area contributed by atoms with Gasteiger partial charge in [0.2, 0.25) is 0 Å². The summed E-state index contributed by atoms with van der Waals surface area (Å²) in [6.07, 6.45) is 6.39. The second-order valence-corrected chi connectivity index (χ2v) is 1.94. The molecule has 0 spiro atoms. The first-order valence-electron chi connectivity index (χ1n) is 2.55. The van der Waals surface area contributed by atoms with E-state index in [4.69, 9.17) is 0 Å². The van der Waals surface area contributed by atoms with Gasteiger partial charge in [-0.05, 0) is 26.2 Å². The molecular weight excluding hydrogens is 104 g/mol. The number of rotatable bonds is 0. The van der Waals surface area contributed by atoms with Crippen molar-refractivity contribution in [2.45, 2.75) is 26.2 Å². The van der Waals surface area contributed by atoms with Crippen molar-refractivity contribution in [1.82, 2.24) is 0 Å². The predicted octanol–water partition coefficient (Wildman–Crippen LogP) is 2.23. The lowest BCUT2D eigenvalue weighted by Crippen LogP contribution is -1.59. The van der Waals surface area contributed by atoms with Gasteiger partial charge in [0.15, 0.2) is 0 Å². The van der Waals surface area contributed by atoms with Gasteiger partial charge in [-0.25, -0.2) is 0 Å². The van der Waals surface area contributed by atoms with Crippen LogP contribution in [0.25, 0.3) is 0 Å². The Kier molecular flexibility index (Phi) is 3.18. The van der Waals surface area contributed by atoms with Crippen LogP contribution >= 0.6 is 13.5 Å². The highest BCUT2D eigenvalue weighted by Crippen LogP contribution is 2.15. The molecule has 0 unspecified atom stereocenters. The molecule has 0 radical (unpaired) electrons. The van der Waals surface area contributed by atoms with Crippen molar-refractivity contribution in [2.75, 3.05) is 0 Å². The van der Waals surface area contributed by atoms with Crippen molar-refractivity contribution in [1.29, 1.82) is 0 Å². The molecule has 1 aliphatic rings. The predicted molar refractivity (Wildman–Crippen MR) is 38.0 cm³/mol. The fourth-order valence-electron chi connectivity index (χ4n) is 0.831. The van der Waals surface area contributed by atoms with Crippen LogP contribution in [0.2, 0.25) is 0 Å². The van der Waals surface area contributed by atoms with Gasteiger partial charge in [-0.2, -0.15) is 13.5 Å². The molecule has 7 heavy (non-hydrogen) atoms. The summed E-state index contributed by atoms with van der Waals surface area (Å²) in [4.78, 5) is 0. The molecule has 42 valence electrons. The minimum atomic E-state index is 0. The van der Waals surface area contributed by atoms with E-state index in [1.807, 2.05) is 0 Å². The van der Waals surface area contributed by atoms with Crippen molar-refractivity contribution in [3.63, 3.8) is 0 Å².